The van der Waals surface area contributed by atoms with Crippen molar-refractivity contribution in [1.82, 2.24) is 0 Å². The van der Waals surface area contributed by atoms with Gasteiger partial charge in [0.2, 0.25) is 6.04 Å². The number of rotatable bonds is 7. The van der Waals surface area contributed by atoms with Crippen LogP contribution in [0.25, 0.3) is 0 Å². The largest absolute Gasteiger partial charge is 0.466 e. The molecule has 1 aromatic carbocycles. The Morgan fingerprint density at radius 1 is 1.35 bits per heavy atom. The summed E-state index contributed by atoms with van der Waals surface area (Å²) in [6, 6.07) is 8.46. The molecule has 0 saturated carbocycles. The van der Waals surface area contributed by atoms with Gasteiger partial charge in [0.1, 0.15) is 0 Å². The van der Waals surface area contributed by atoms with Gasteiger partial charge in [-0.25, -0.2) is 0 Å². The number of ether oxygens (including phenoxy) is 1. The molecule has 5 nitrogen and oxygen atoms in total. The fraction of sp³-hybridized carbons (Fsp3) is 0.533. The molecule has 0 N–H and O–H groups in total. The van der Waals surface area contributed by atoms with Crippen LogP contribution in [-0.4, -0.2) is 23.5 Å². The molecular formula is C15H21NO4. The molecule has 0 unspecified atom stereocenters. The lowest BCUT2D eigenvalue weighted by Gasteiger charge is -2.27. The normalized spacial score (nSPS) is 12.8. The summed E-state index contributed by atoms with van der Waals surface area (Å²) in [5.74, 6) is -0.391. The van der Waals surface area contributed by atoms with E-state index in [1.165, 1.54) is 0 Å². The number of benzene rings is 1. The van der Waals surface area contributed by atoms with Crippen LogP contribution in [0.4, 0.5) is 0 Å². The van der Waals surface area contributed by atoms with Crippen molar-refractivity contribution in [3.8, 4) is 0 Å². The predicted octanol–water partition coefficient (Wildman–Crippen LogP) is 2.85. The molecule has 1 rings (SSSR count). The number of carbonyl (C=O) groups excluding carboxylic acids is 1. The third-order valence-electron chi connectivity index (χ3n) is 3.33. The van der Waals surface area contributed by atoms with E-state index in [0.717, 1.165) is 5.56 Å². The SMILES string of the molecule is CCOC(=O)CC(C)(C)[C@H](Cc1ccccc1)[N+](=O)[O-]. The van der Waals surface area contributed by atoms with Gasteiger partial charge in [0, 0.05) is 16.8 Å². The summed E-state index contributed by atoms with van der Waals surface area (Å²) in [6.07, 6.45) is 0.347. The van der Waals surface area contributed by atoms with Crippen LogP contribution >= 0.6 is 0 Å². The Morgan fingerprint density at radius 3 is 2.45 bits per heavy atom. The third kappa shape index (κ3) is 4.64. The molecule has 1 atom stereocenters. The quantitative estimate of drug-likeness (QED) is 0.437. The maximum Gasteiger partial charge on any atom is 0.306 e. The fourth-order valence-corrected chi connectivity index (χ4v) is 2.18. The lowest BCUT2D eigenvalue weighted by molar-refractivity contribution is -0.540. The van der Waals surface area contributed by atoms with Gasteiger partial charge in [-0.2, -0.15) is 0 Å². The topological polar surface area (TPSA) is 69.4 Å². The monoisotopic (exact) mass is 279 g/mol. The number of carbonyl (C=O) groups is 1. The Kier molecular flexibility index (Phi) is 5.67. The number of esters is 1. The fourth-order valence-electron chi connectivity index (χ4n) is 2.18. The molecule has 0 fully saturated rings. The van der Waals surface area contributed by atoms with Crippen LogP contribution in [0.1, 0.15) is 32.8 Å². The molecule has 0 bridgehead atoms. The van der Waals surface area contributed by atoms with Crippen molar-refractivity contribution in [2.75, 3.05) is 6.61 Å². The van der Waals surface area contributed by atoms with Crippen LogP contribution in [0.5, 0.6) is 0 Å². The van der Waals surface area contributed by atoms with Crippen molar-refractivity contribution in [2.24, 2.45) is 5.41 Å². The molecule has 0 aliphatic rings. The number of hydrogen-bond donors (Lipinski definition) is 0. The second-order valence-corrected chi connectivity index (χ2v) is 5.46. The van der Waals surface area contributed by atoms with E-state index in [9.17, 15) is 14.9 Å². The van der Waals surface area contributed by atoms with Gasteiger partial charge in [-0.05, 0) is 12.5 Å². The van der Waals surface area contributed by atoms with Gasteiger partial charge in [-0.3, -0.25) is 14.9 Å². The molecule has 0 aromatic heterocycles. The minimum absolute atomic E-state index is 0.0410. The molecule has 110 valence electrons. The zero-order valence-corrected chi connectivity index (χ0v) is 12.2. The predicted molar refractivity (Wildman–Crippen MR) is 76.0 cm³/mol. The summed E-state index contributed by atoms with van der Waals surface area (Å²) in [6.45, 7) is 5.48. The van der Waals surface area contributed by atoms with Crippen LogP contribution < -0.4 is 0 Å². The average Bonchev–Trinajstić information content (AvgIpc) is 2.36. The highest BCUT2D eigenvalue weighted by Gasteiger charge is 2.40. The first-order valence-electron chi connectivity index (χ1n) is 6.70. The Balaban J connectivity index is 2.84. The van der Waals surface area contributed by atoms with Crippen LogP contribution in [0, 0.1) is 15.5 Å². The molecule has 0 aliphatic carbocycles. The van der Waals surface area contributed by atoms with Crippen LogP contribution in [-0.2, 0) is 16.0 Å². The number of nitrogens with zero attached hydrogens (tertiary/aromatic N) is 1. The lowest BCUT2D eigenvalue weighted by Crippen LogP contribution is -2.40. The smallest absolute Gasteiger partial charge is 0.306 e. The summed E-state index contributed by atoms with van der Waals surface area (Å²) in [5, 5.41) is 11.3. The first-order valence-corrected chi connectivity index (χ1v) is 6.70. The average molecular weight is 279 g/mol. The van der Waals surface area contributed by atoms with Crippen molar-refractivity contribution in [2.45, 2.75) is 39.7 Å². The summed E-state index contributed by atoms with van der Waals surface area (Å²) < 4.78 is 4.90. The Hall–Kier alpha value is -1.91. The van der Waals surface area contributed by atoms with E-state index < -0.39 is 17.4 Å². The summed E-state index contributed by atoms with van der Waals surface area (Å²) in [5.41, 5.74) is 0.136. The van der Waals surface area contributed by atoms with Gasteiger partial charge in [0.15, 0.2) is 0 Å². The maximum absolute atomic E-state index is 11.6. The van der Waals surface area contributed by atoms with Gasteiger partial charge < -0.3 is 4.74 Å². The Labute approximate surface area is 119 Å². The lowest BCUT2D eigenvalue weighted by atomic mass is 9.78. The van der Waals surface area contributed by atoms with Gasteiger partial charge in [0.05, 0.1) is 13.0 Å². The molecule has 5 heteroatoms. The standard InChI is InChI=1S/C15H21NO4/c1-4-20-14(17)11-15(2,3)13(16(18)19)10-12-8-6-5-7-9-12/h5-9,13H,4,10-11H2,1-3H3/t13-/m0/s1. The Morgan fingerprint density at radius 2 is 1.95 bits per heavy atom. The van der Waals surface area contributed by atoms with E-state index in [1.54, 1.807) is 20.8 Å². The highest BCUT2D eigenvalue weighted by Crippen LogP contribution is 2.30. The zero-order valence-electron chi connectivity index (χ0n) is 12.2. The van der Waals surface area contributed by atoms with E-state index in [0.29, 0.717) is 6.42 Å². The first kappa shape index (κ1) is 16.1. The van der Waals surface area contributed by atoms with Gasteiger partial charge in [-0.15, -0.1) is 0 Å². The van der Waals surface area contributed by atoms with Crippen LogP contribution in [0.15, 0.2) is 30.3 Å². The van der Waals surface area contributed by atoms with Crippen LogP contribution in [0.3, 0.4) is 0 Å². The minimum atomic E-state index is -0.825. The molecule has 0 amide bonds. The van der Waals surface area contributed by atoms with Crippen molar-refractivity contribution in [1.29, 1.82) is 0 Å². The van der Waals surface area contributed by atoms with Gasteiger partial charge >= 0.3 is 5.97 Å². The molecular weight excluding hydrogens is 258 g/mol. The van der Waals surface area contributed by atoms with Crippen molar-refractivity contribution in [3.05, 3.63) is 46.0 Å². The number of nitro groups is 1. The van der Waals surface area contributed by atoms with E-state index >= 15 is 0 Å². The summed E-state index contributed by atoms with van der Waals surface area (Å²) >= 11 is 0. The van der Waals surface area contributed by atoms with Crippen molar-refractivity contribution in [3.63, 3.8) is 0 Å². The van der Waals surface area contributed by atoms with Crippen molar-refractivity contribution >= 4 is 5.97 Å². The highest BCUT2D eigenvalue weighted by molar-refractivity contribution is 5.70. The molecule has 1 aromatic rings. The highest BCUT2D eigenvalue weighted by atomic mass is 16.6. The number of hydrogen-bond acceptors (Lipinski definition) is 4. The molecule has 0 heterocycles. The molecule has 0 aliphatic heterocycles. The minimum Gasteiger partial charge on any atom is -0.466 e. The third-order valence-corrected chi connectivity index (χ3v) is 3.33. The second kappa shape index (κ2) is 7.03. The van der Waals surface area contributed by atoms with Gasteiger partial charge in [0.25, 0.3) is 0 Å². The summed E-state index contributed by atoms with van der Waals surface area (Å²) in [4.78, 5) is 22.6. The molecule has 0 spiro atoms. The molecule has 20 heavy (non-hydrogen) atoms. The molecule has 0 saturated heterocycles. The zero-order chi connectivity index (χ0) is 15.2. The Bertz CT molecular complexity index is 456. The van der Waals surface area contributed by atoms with Crippen LogP contribution in [0.2, 0.25) is 0 Å². The summed E-state index contributed by atoms with van der Waals surface area (Å²) in [7, 11) is 0. The van der Waals surface area contributed by atoms with E-state index in [1.807, 2.05) is 30.3 Å². The van der Waals surface area contributed by atoms with E-state index in [4.69, 9.17) is 4.74 Å². The van der Waals surface area contributed by atoms with Gasteiger partial charge in [-0.1, -0.05) is 44.2 Å². The first-order chi connectivity index (χ1) is 9.36. The second-order valence-electron chi connectivity index (χ2n) is 5.46. The van der Waals surface area contributed by atoms with Crippen molar-refractivity contribution < 1.29 is 14.5 Å². The molecule has 0 radical (unpaired) electrons. The van der Waals surface area contributed by atoms with E-state index in [2.05, 4.69) is 0 Å². The maximum atomic E-state index is 11.6. The van der Waals surface area contributed by atoms with E-state index in [-0.39, 0.29) is 18.0 Å².